The summed E-state index contributed by atoms with van der Waals surface area (Å²) in [5.41, 5.74) is 0. The van der Waals surface area contributed by atoms with Crippen LogP contribution in [0.2, 0.25) is 3.54 Å². The van der Waals surface area contributed by atoms with Crippen molar-refractivity contribution in [2.45, 2.75) is 31.2 Å². The molecule has 0 saturated heterocycles. The van der Waals surface area contributed by atoms with Crippen LogP contribution in [-0.4, -0.2) is 39.2 Å². The van der Waals surface area contributed by atoms with Gasteiger partial charge in [0.1, 0.15) is 0 Å². The molecular weight excluding hydrogens is 140 g/mol. The lowest BCUT2D eigenvalue weighted by Gasteiger charge is -2.12. The van der Waals surface area contributed by atoms with Crippen LogP contribution in [0.3, 0.4) is 0 Å². The van der Waals surface area contributed by atoms with Gasteiger partial charge in [-0.3, -0.25) is 0 Å². The van der Waals surface area contributed by atoms with Crippen LogP contribution in [0.4, 0.5) is 0 Å². The van der Waals surface area contributed by atoms with E-state index >= 15 is 0 Å². The van der Waals surface area contributed by atoms with Crippen LogP contribution in [0.25, 0.3) is 0 Å². The first-order valence-electron chi connectivity index (χ1n) is 3.58. The van der Waals surface area contributed by atoms with Gasteiger partial charge in [0.05, 0.1) is 0 Å². The summed E-state index contributed by atoms with van der Waals surface area (Å²) >= 11 is 0.391. The van der Waals surface area contributed by atoms with Crippen LogP contribution >= 0.6 is 0 Å². The number of rotatable bonds is 0. The summed E-state index contributed by atoms with van der Waals surface area (Å²) in [6, 6.07) is 0. The molecule has 0 atom stereocenters. The largest absolute Gasteiger partial charge is 0.397 e. The molecule has 0 aromatic carbocycles. The van der Waals surface area contributed by atoms with Crippen molar-refractivity contribution in [3.8, 4) is 0 Å². The van der Waals surface area contributed by atoms with Gasteiger partial charge in [-0.25, -0.2) is 0 Å². The normalized spacial score (nSPS) is 9.44. The van der Waals surface area contributed by atoms with E-state index in [9.17, 15) is 0 Å². The second kappa shape index (κ2) is 7.05. The maximum absolute atomic E-state index is 7.57. The fourth-order valence-corrected chi connectivity index (χ4v) is 0. The molecule has 0 unspecified atom stereocenters. The molecule has 0 aromatic rings. The number of hydrogen-bond donors (Lipinski definition) is 1. The van der Waals surface area contributed by atoms with Crippen molar-refractivity contribution < 1.29 is 5.11 Å². The van der Waals surface area contributed by atoms with E-state index in [0.29, 0.717) is 19.6 Å². The molecule has 0 saturated carbocycles. The fraction of sp³-hybridized carbons (Fsp3) is 1.00. The quantitative estimate of drug-likeness (QED) is 0.499. The number of hydrogen-bond acceptors (Lipinski definition) is 1. The Balaban J connectivity index is 0. The Morgan fingerprint density at radius 2 is 1.56 bits per heavy atom. The first kappa shape index (κ1) is 12.6. The predicted octanol–water partition coefficient (Wildman–Crippen LogP) is 0.188. The van der Waals surface area contributed by atoms with Crippen LogP contribution in [0.5, 0.6) is 0 Å². The van der Waals surface area contributed by atoms with Crippen molar-refractivity contribution in [3.05, 3.63) is 0 Å². The van der Waals surface area contributed by atoms with E-state index in [1.54, 1.807) is 6.92 Å². The molecule has 0 bridgehead atoms. The molecule has 54 valence electrons. The minimum atomic E-state index is 0.250. The molecule has 3 heteroatoms. The van der Waals surface area contributed by atoms with Gasteiger partial charge in [0.25, 0.3) is 0 Å². The monoisotopic (exact) mass is 158 g/mol. The standard InChI is InChI=1S/C4H9.C2H6O.Mg.H3Si/c1-4(2)3;1-2-3;;/h1-3H3;3H,2H2,1H3;;1H3. The number of aliphatic hydroxyl groups excluding tert-OH is 1. The first-order valence-corrected chi connectivity index (χ1v) is 9.95. The van der Waals surface area contributed by atoms with Gasteiger partial charge in [0, 0.05) is 6.61 Å². The average Bonchev–Trinajstić information content (AvgIpc) is 1.67. The van der Waals surface area contributed by atoms with Crippen LogP contribution in [0.1, 0.15) is 27.7 Å². The summed E-state index contributed by atoms with van der Waals surface area (Å²) in [5, 5.41) is 7.57. The molecule has 0 aromatic heterocycles. The predicted molar refractivity (Wildman–Crippen MR) is 48.2 cm³/mol. The molecule has 9 heavy (non-hydrogen) atoms. The first-order chi connectivity index (χ1) is 3.97. The average molecular weight is 159 g/mol. The van der Waals surface area contributed by atoms with E-state index in [2.05, 4.69) is 20.8 Å². The Hall–Kier alpha value is 0.943. The van der Waals surface area contributed by atoms with Gasteiger partial charge in [-0.2, -0.15) is 0 Å². The van der Waals surface area contributed by atoms with Crippen molar-refractivity contribution >= 4 is 27.5 Å². The van der Waals surface area contributed by atoms with Crippen molar-refractivity contribution in [2.24, 2.45) is 0 Å². The molecule has 0 radical (unpaired) electrons. The van der Waals surface area contributed by atoms with E-state index in [4.69, 9.17) is 5.11 Å². The molecule has 1 nitrogen and oxygen atoms in total. The number of aliphatic hydroxyl groups is 1. The third-order valence-electron chi connectivity index (χ3n) is 1.06. The SMILES string of the molecule is CCO.C[C](C)(C)[Mg][SiH3]. The molecule has 0 aliphatic carbocycles. The summed E-state index contributed by atoms with van der Waals surface area (Å²) in [7, 11) is 1.49. The van der Waals surface area contributed by atoms with Crippen molar-refractivity contribution in [1.82, 2.24) is 0 Å². The molecule has 0 aliphatic rings. The molecule has 0 amide bonds. The van der Waals surface area contributed by atoms with Crippen LogP contribution in [0, 0.1) is 0 Å². The lowest BCUT2D eigenvalue weighted by atomic mass is 10.2. The minimum absolute atomic E-state index is 0.250. The highest BCUT2D eigenvalue weighted by Crippen LogP contribution is 2.17. The zero-order valence-electron chi connectivity index (χ0n) is 7.36. The van der Waals surface area contributed by atoms with Crippen molar-refractivity contribution in [3.63, 3.8) is 0 Å². The third kappa shape index (κ3) is 27.7. The zero-order chi connectivity index (χ0) is 7.91. The second-order valence-corrected chi connectivity index (χ2v) is 8.18. The Morgan fingerprint density at radius 1 is 1.44 bits per heavy atom. The van der Waals surface area contributed by atoms with Gasteiger partial charge in [0.15, 0.2) is 0 Å². The summed E-state index contributed by atoms with van der Waals surface area (Å²) in [6.07, 6.45) is 0. The summed E-state index contributed by atoms with van der Waals surface area (Å²) in [5.74, 6) is 0. The van der Waals surface area contributed by atoms with Crippen molar-refractivity contribution in [1.29, 1.82) is 0 Å². The Morgan fingerprint density at radius 3 is 1.56 bits per heavy atom. The Bertz CT molecular complexity index is 51.5. The van der Waals surface area contributed by atoms with Gasteiger partial charge in [-0.1, -0.05) is 20.8 Å². The van der Waals surface area contributed by atoms with Gasteiger partial charge < -0.3 is 5.11 Å². The van der Waals surface area contributed by atoms with Crippen LogP contribution < -0.4 is 0 Å². The van der Waals surface area contributed by atoms with E-state index in [-0.39, 0.29) is 6.61 Å². The van der Waals surface area contributed by atoms with E-state index in [0.717, 1.165) is 3.54 Å². The second-order valence-electron chi connectivity index (χ2n) is 3.23. The lowest BCUT2D eigenvalue weighted by Crippen LogP contribution is -2.06. The zero-order valence-corrected chi connectivity index (χ0v) is 10.8. The summed E-state index contributed by atoms with van der Waals surface area (Å²) in [4.78, 5) is 0. The molecule has 0 fully saturated rings. The Labute approximate surface area is 70.5 Å². The highest BCUT2D eigenvalue weighted by Gasteiger charge is 2.07. The van der Waals surface area contributed by atoms with Gasteiger partial charge in [-0.15, -0.1) is 11.4 Å². The van der Waals surface area contributed by atoms with E-state index < -0.39 is 0 Å². The van der Waals surface area contributed by atoms with Gasteiger partial charge in [-0.05, 0) is 6.92 Å². The summed E-state index contributed by atoms with van der Waals surface area (Å²) < 4.78 is 0.742. The molecular formula is C6H18MgOSi. The highest BCUT2D eigenvalue weighted by atomic mass is 28.3. The molecule has 0 aliphatic heterocycles. The highest BCUT2D eigenvalue weighted by molar-refractivity contribution is 6.91. The van der Waals surface area contributed by atoms with Gasteiger partial charge >= 0.3 is 19.6 Å². The smallest absolute Gasteiger partial charge is 0.358 e. The van der Waals surface area contributed by atoms with Crippen molar-refractivity contribution in [2.75, 3.05) is 6.61 Å². The van der Waals surface area contributed by atoms with E-state index in [1.807, 2.05) is 0 Å². The Kier molecular flexibility index (Phi) is 9.88. The topological polar surface area (TPSA) is 20.2 Å². The molecule has 0 rings (SSSR count). The molecule has 0 spiro atoms. The van der Waals surface area contributed by atoms with Crippen LogP contribution in [0.15, 0.2) is 0 Å². The van der Waals surface area contributed by atoms with Gasteiger partial charge in [0.2, 0.25) is 0 Å². The molecule has 1 N–H and O–H groups in total. The lowest BCUT2D eigenvalue weighted by molar-refractivity contribution is 0.318. The summed E-state index contributed by atoms with van der Waals surface area (Å²) in [6.45, 7) is 8.95. The minimum Gasteiger partial charge on any atom is -0.397 e. The maximum atomic E-state index is 7.57. The fourth-order valence-electron chi connectivity index (χ4n) is 0. The third-order valence-corrected chi connectivity index (χ3v) is 9.55. The van der Waals surface area contributed by atoms with E-state index in [1.165, 1.54) is 7.89 Å². The maximum Gasteiger partial charge on any atom is 0.358 e. The molecule has 0 heterocycles. The van der Waals surface area contributed by atoms with Crippen LogP contribution in [-0.2, 0) is 0 Å².